The second-order valence-corrected chi connectivity index (χ2v) is 4.05. The lowest BCUT2D eigenvalue weighted by molar-refractivity contribution is 0.928. The van der Waals surface area contributed by atoms with Gasteiger partial charge in [-0.3, -0.25) is 0 Å². The van der Waals surface area contributed by atoms with Gasteiger partial charge in [0.1, 0.15) is 11.3 Å². The Morgan fingerprint density at radius 2 is 2.38 bits per heavy atom. The Morgan fingerprint density at radius 1 is 1.54 bits per heavy atom. The summed E-state index contributed by atoms with van der Waals surface area (Å²) >= 11 is 11.9. The summed E-state index contributed by atoms with van der Waals surface area (Å²) in [7, 11) is 0. The molecule has 13 heavy (non-hydrogen) atoms. The first kappa shape index (κ1) is 9.03. The Balaban J connectivity index is 2.21. The third-order valence-electron chi connectivity index (χ3n) is 2.08. The number of alkyl halides is 1. The molecule has 0 N–H and O–H groups in total. The molecule has 0 aliphatic carbocycles. The molecule has 1 aliphatic heterocycles. The molecule has 2 rings (SSSR count). The maximum Gasteiger partial charge on any atom is 0.150 e. The Morgan fingerprint density at radius 3 is 3.00 bits per heavy atom. The van der Waals surface area contributed by atoms with Gasteiger partial charge in [0.05, 0.1) is 11.6 Å². The molecule has 1 saturated heterocycles. The van der Waals surface area contributed by atoms with E-state index in [0.717, 1.165) is 25.3 Å². The Labute approximate surface area is 86.7 Å². The lowest BCUT2D eigenvalue weighted by Crippen LogP contribution is -2.21. The third-order valence-corrected chi connectivity index (χ3v) is 2.70. The van der Waals surface area contributed by atoms with Crippen LogP contribution in [0.25, 0.3) is 0 Å². The van der Waals surface area contributed by atoms with Gasteiger partial charge >= 0.3 is 0 Å². The van der Waals surface area contributed by atoms with Crippen LogP contribution in [0.4, 0.5) is 5.82 Å². The van der Waals surface area contributed by atoms with Crippen molar-refractivity contribution < 1.29 is 0 Å². The molecule has 1 unspecified atom stereocenters. The normalized spacial score (nSPS) is 22.3. The van der Waals surface area contributed by atoms with Crippen molar-refractivity contribution in [3.05, 3.63) is 17.5 Å². The predicted molar refractivity (Wildman–Crippen MR) is 53.5 cm³/mol. The zero-order valence-electron chi connectivity index (χ0n) is 6.95. The van der Waals surface area contributed by atoms with Crippen molar-refractivity contribution in [1.29, 1.82) is 0 Å². The molecule has 3 nitrogen and oxygen atoms in total. The summed E-state index contributed by atoms with van der Waals surface area (Å²) in [5.41, 5.74) is 0. The lowest BCUT2D eigenvalue weighted by Gasteiger charge is -2.16. The van der Waals surface area contributed by atoms with E-state index in [4.69, 9.17) is 23.2 Å². The Kier molecular flexibility index (Phi) is 2.56. The number of anilines is 1. The largest absolute Gasteiger partial charge is 0.354 e. The summed E-state index contributed by atoms with van der Waals surface area (Å²) in [6.07, 6.45) is 4.09. The number of rotatable bonds is 1. The van der Waals surface area contributed by atoms with Crippen molar-refractivity contribution in [3.8, 4) is 0 Å². The first-order chi connectivity index (χ1) is 6.27. The average Bonchev–Trinajstić information content (AvgIpc) is 2.53. The minimum atomic E-state index is 0.214. The number of hydrogen-bond acceptors (Lipinski definition) is 3. The highest BCUT2D eigenvalue weighted by Crippen LogP contribution is 2.26. The van der Waals surface area contributed by atoms with Crippen LogP contribution in [0.2, 0.25) is 5.02 Å². The van der Waals surface area contributed by atoms with Crippen LogP contribution in [0.5, 0.6) is 0 Å². The van der Waals surface area contributed by atoms with E-state index in [1.807, 2.05) is 0 Å². The smallest absolute Gasteiger partial charge is 0.150 e. The van der Waals surface area contributed by atoms with Gasteiger partial charge in [0.2, 0.25) is 0 Å². The second-order valence-electron chi connectivity index (χ2n) is 3.03. The van der Waals surface area contributed by atoms with Crippen LogP contribution in [0, 0.1) is 0 Å². The summed E-state index contributed by atoms with van der Waals surface area (Å²) in [4.78, 5) is 10.0. The van der Waals surface area contributed by atoms with E-state index in [1.165, 1.54) is 6.33 Å². The van der Waals surface area contributed by atoms with Gasteiger partial charge in [-0.15, -0.1) is 11.6 Å². The van der Waals surface area contributed by atoms with Crippen molar-refractivity contribution in [3.63, 3.8) is 0 Å². The van der Waals surface area contributed by atoms with E-state index >= 15 is 0 Å². The van der Waals surface area contributed by atoms with E-state index in [0.29, 0.717) is 5.02 Å². The minimum Gasteiger partial charge on any atom is -0.354 e. The van der Waals surface area contributed by atoms with Crippen LogP contribution in [-0.2, 0) is 0 Å². The second kappa shape index (κ2) is 3.68. The molecule has 1 atom stereocenters. The summed E-state index contributed by atoms with van der Waals surface area (Å²) in [5.74, 6) is 0.791. The molecule has 2 heterocycles. The van der Waals surface area contributed by atoms with Gasteiger partial charge < -0.3 is 4.90 Å². The highest BCUT2D eigenvalue weighted by Gasteiger charge is 2.22. The molecule has 5 heteroatoms. The maximum absolute atomic E-state index is 5.98. The molecular weight excluding hydrogens is 209 g/mol. The highest BCUT2D eigenvalue weighted by atomic mass is 35.5. The Hall–Kier alpha value is -0.540. The van der Waals surface area contributed by atoms with Gasteiger partial charge in [-0.25, -0.2) is 9.97 Å². The van der Waals surface area contributed by atoms with Gasteiger partial charge in [-0.1, -0.05) is 11.6 Å². The van der Waals surface area contributed by atoms with Gasteiger partial charge in [0.15, 0.2) is 5.82 Å². The molecule has 70 valence electrons. The molecule has 0 aromatic carbocycles. The first-order valence-electron chi connectivity index (χ1n) is 4.12. The third kappa shape index (κ3) is 1.86. The van der Waals surface area contributed by atoms with Crippen LogP contribution in [0.1, 0.15) is 6.42 Å². The number of nitrogens with zero attached hydrogens (tertiary/aromatic N) is 3. The molecule has 1 aromatic rings. The molecule has 0 radical (unpaired) electrons. The SMILES string of the molecule is Clc1cncnc1N1CCC(Cl)C1. The van der Waals surface area contributed by atoms with Crippen molar-refractivity contribution in [2.45, 2.75) is 11.8 Å². The zero-order chi connectivity index (χ0) is 9.26. The Bertz CT molecular complexity index is 305. The molecule has 0 bridgehead atoms. The quantitative estimate of drug-likeness (QED) is 0.674. The van der Waals surface area contributed by atoms with Crippen LogP contribution in [0.15, 0.2) is 12.5 Å². The summed E-state index contributed by atoms with van der Waals surface area (Å²) < 4.78 is 0. The van der Waals surface area contributed by atoms with Crippen LogP contribution < -0.4 is 4.90 Å². The van der Waals surface area contributed by atoms with Crippen LogP contribution in [-0.4, -0.2) is 28.4 Å². The van der Waals surface area contributed by atoms with Gasteiger partial charge in [0, 0.05) is 13.1 Å². The minimum absolute atomic E-state index is 0.214. The van der Waals surface area contributed by atoms with Crippen molar-refractivity contribution in [1.82, 2.24) is 9.97 Å². The number of hydrogen-bond donors (Lipinski definition) is 0. The van der Waals surface area contributed by atoms with Crippen molar-refractivity contribution >= 4 is 29.0 Å². The predicted octanol–water partition coefficient (Wildman–Crippen LogP) is 1.95. The molecule has 1 aromatic heterocycles. The van der Waals surface area contributed by atoms with E-state index in [-0.39, 0.29) is 5.38 Å². The monoisotopic (exact) mass is 217 g/mol. The fourth-order valence-corrected chi connectivity index (χ4v) is 1.94. The molecule has 0 spiro atoms. The standard InChI is InChI=1S/C8H9Cl2N3/c9-6-1-2-13(4-6)8-7(10)3-11-5-12-8/h3,5-6H,1-2,4H2. The first-order valence-corrected chi connectivity index (χ1v) is 4.93. The highest BCUT2D eigenvalue weighted by molar-refractivity contribution is 6.32. The fourth-order valence-electron chi connectivity index (χ4n) is 1.45. The van der Waals surface area contributed by atoms with E-state index < -0.39 is 0 Å². The van der Waals surface area contributed by atoms with Crippen LogP contribution in [0.3, 0.4) is 0 Å². The summed E-state index contributed by atoms with van der Waals surface area (Å²) in [6.45, 7) is 1.74. The number of halogens is 2. The maximum atomic E-state index is 5.98. The van der Waals surface area contributed by atoms with E-state index in [1.54, 1.807) is 6.20 Å². The van der Waals surface area contributed by atoms with Crippen molar-refractivity contribution in [2.24, 2.45) is 0 Å². The molecule has 0 saturated carbocycles. The zero-order valence-corrected chi connectivity index (χ0v) is 8.46. The van der Waals surface area contributed by atoms with Gasteiger partial charge in [-0.2, -0.15) is 0 Å². The average molecular weight is 218 g/mol. The molecular formula is C8H9Cl2N3. The lowest BCUT2D eigenvalue weighted by atomic mass is 10.4. The summed E-state index contributed by atoms with van der Waals surface area (Å²) in [6, 6.07) is 0. The molecule has 0 amide bonds. The fraction of sp³-hybridized carbons (Fsp3) is 0.500. The van der Waals surface area contributed by atoms with Crippen LogP contribution >= 0.6 is 23.2 Å². The van der Waals surface area contributed by atoms with Crippen molar-refractivity contribution in [2.75, 3.05) is 18.0 Å². The topological polar surface area (TPSA) is 29.0 Å². The number of aromatic nitrogens is 2. The molecule has 1 aliphatic rings. The van der Waals surface area contributed by atoms with Gasteiger partial charge in [0.25, 0.3) is 0 Å². The van der Waals surface area contributed by atoms with Gasteiger partial charge in [-0.05, 0) is 6.42 Å². The molecule has 1 fully saturated rings. The van der Waals surface area contributed by atoms with E-state index in [2.05, 4.69) is 14.9 Å². The van der Waals surface area contributed by atoms with E-state index in [9.17, 15) is 0 Å². The summed E-state index contributed by atoms with van der Waals surface area (Å²) in [5, 5.41) is 0.805.